The lowest BCUT2D eigenvalue weighted by molar-refractivity contribution is 0.646. The van der Waals surface area contributed by atoms with Crippen molar-refractivity contribution in [3.05, 3.63) is 0 Å². The molecule has 0 radical (unpaired) electrons. The second kappa shape index (κ2) is 7.85. The van der Waals surface area contributed by atoms with Gasteiger partial charge in [0.15, 0.2) is 0 Å². The maximum absolute atomic E-state index is 5.30. The summed E-state index contributed by atoms with van der Waals surface area (Å²) in [6.07, 6.45) is 0.642. The Hall–Kier alpha value is -0.780. The van der Waals surface area contributed by atoms with Gasteiger partial charge in [0, 0.05) is 0 Å². The van der Waals surface area contributed by atoms with Crippen LogP contribution in [0, 0.1) is 0 Å². The number of aliphatic imine (C=N–C) groups is 2. The van der Waals surface area contributed by atoms with E-state index in [0.717, 1.165) is 0 Å². The zero-order valence-electron chi connectivity index (χ0n) is 7.69. The van der Waals surface area contributed by atoms with Crippen LogP contribution in [0.3, 0.4) is 0 Å². The Morgan fingerprint density at radius 2 is 1.23 bits per heavy atom. The van der Waals surface area contributed by atoms with Crippen LogP contribution in [0.2, 0.25) is 0 Å². The Morgan fingerprint density at radius 1 is 0.846 bits per heavy atom. The van der Waals surface area contributed by atoms with E-state index in [9.17, 15) is 0 Å². The number of nitrogens with zero attached hydrogens (tertiary/aromatic N) is 2. The topological polar surface area (TPSA) is 129 Å². The number of hydrogen-bond acceptors (Lipinski definition) is 6. The van der Waals surface area contributed by atoms with Crippen LogP contribution in [0.15, 0.2) is 9.98 Å². The van der Waals surface area contributed by atoms with Crippen LogP contribution in [0.1, 0.15) is 12.8 Å². The molecule has 0 atom stereocenters. The SMILES string of the molecule is NC(N)CCN=C=NCCC(N)N. The van der Waals surface area contributed by atoms with Gasteiger partial charge in [-0.05, 0) is 12.8 Å². The van der Waals surface area contributed by atoms with E-state index in [1.807, 2.05) is 0 Å². The Kier molecular flexibility index (Phi) is 7.38. The highest BCUT2D eigenvalue weighted by Crippen LogP contribution is 1.81. The Labute approximate surface area is 78.1 Å². The van der Waals surface area contributed by atoms with Crippen molar-refractivity contribution in [2.45, 2.75) is 25.2 Å². The van der Waals surface area contributed by atoms with Gasteiger partial charge in [-0.3, -0.25) is 0 Å². The van der Waals surface area contributed by atoms with Crippen LogP contribution in [-0.4, -0.2) is 31.4 Å². The minimum Gasteiger partial charge on any atom is -0.316 e. The normalized spacial score (nSPS) is 10.3. The first-order valence-corrected chi connectivity index (χ1v) is 4.23. The predicted octanol–water partition coefficient (Wildman–Crippen LogP) is -1.57. The third-order valence-electron chi connectivity index (χ3n) is 1.29. The third kappa shape index (κ3) is 11.2. The van der Waals surface area contributed by atoms with E-state index in [-0.39, 0.29) is 12.3 Å². The first-order valence-electron chi connectivity index (χ1n) is 4.23. The predicted molar refractivity (Wildman–Crippen MR) is 53.2 cm³/mol. The number of nitrogens with two attached hydrogens (primary N) is 4. The molecule has 0 spiro atoms. The van der Waals surface area contributed by atoms with Crippen LogP contribution in [0.4, 0.5) is 0 Å². The van der Waals surface area contributed by atoms with Crippen LogP contribution in [0.25, 0.3) is 0 Å². The highest BCUT2D eigenvalue weighted by atomic mass is 14.9. The van der Waals surface area contributed by atoms with Crippen LogP contribution >= 0.6 is 0 Å². The molecule has 6 heteroatoms. The summed E-state index contributed by atoms with van der Waals surface area (Å²) in [5, 5.41) is 0. The summed E-state index contributed by atoms with van der Waals surface area (Å²) in [6, 6.07) is 2.52. The van der Waals surface area contributed by atoms with Crippen molar-refractivity contribution in [2.75, 3.05) is 13.1 Å². The van der Waals surface area contributed by atoms with E-state index >= 15 is 0 Å². The monoisotopic (exact) mass is 186 g/mol. The maximum Gasteiger partial charge on any atom is 0.0892 e. The molecule has 13 heavy (non-hydrogen) atoms. The van der Waals surface area contributed by atoms with Crippen molar-refractivity contribution in [3.63, 3.8) is 0 Å². The number of rotatable bonds is 6. The van der Waals surface area contributed by atoms with Gasteiger partial charge in [0.1, 0.15) is 0 Å². The summed E-state index contributed by atoms with van der Waals surface area (Å²) in [4.78, 5) is 7.70. The summed E-state index contributed by atoms with van der Waals surface area (Å²) >= 11 is 0. The first kappa shape index (κ1) is 12.2. The Morgan fingerprint density at radius 3 is 1.54 bits per heavy atom. The second-order valence-electron chi connectivity index (χ2n) is 2.77. The zero-order valence-corrected chi connectivity index (χ0v) is 7.69. The molecule has 6 nitrogen and oxygen atoms in total. The van der Waals surface area contributed by atoms with Gasteiger partial charge in [0.05, 0.1) is 31.4 Å². The second-order valence-corrected chi connectivity index (χ2v) is 2.77. The Balaban J connectivity index is 3.37. The zero-order chi connectivity index (χ0) is 10.1. The molecule has 8 N–H and O–H groups in total. The van der Waals surface area contributed by atoms with Crippen molar-refractivity contribution >= 4 is 6.01 Å². The molecule has 0 saturated carbocycles. The molecular weight excluding hydrogens is 168 g/mol. The molecule has 0 bridgehead atoms. The van der Waals surface area contributed by atoms with Gasteiger partial charge >= 0.3 is 0 Å². The molecule has 0 rings (SSSR count). The van der Waals surface area contributed by atoms with Crippen LogP contribution in [0.5, 0.6) is 0 Å². The Bertz CT molecular complexity index is 154. The lowest BCUT2D eigenvalue weighted by Gasteiger charge is -1.99. The van der Waals surface area contributed by atoms with Gasteiger partial charge in [0.25, 0.3) is 0 Å². The summed E-state index contributed by atoms with van der Waals surface area (Å²) in [5.41, 5.74) is 21.2. The van der Waals surface area contributed by atoms with Crippen molar-refractivity contribution in [1.82, 2.24) is 0 Å². The molecule has 0 aromatic heterocycles. The van der Waals surface area contributed by atoms with Crippen LogP contribution in [-0.2, 0) is 0 Å². The van der Waals surface area contributed by atoms with E-state index in [2.05, 4.69) is 16.0 Å². The fourth-order valence-corrected chi connectivity index (χ4v) is 0.577. The van der Waals surface area contributed by atoms with E-state index in [1.54, 1.807) is 0 Å². The quantitative estimate of drug-likeness (QED) is 0.295. The first-order chi connectivity index (χ1) is 6.13. The third-order valence-corrected chi connectivity index (χ3v) is 1.29. The molecule has 0 aliphatic heterocycles. The minimum atomic E-state index is -0.317. The summed E-state index contributed by atoms with van der Waals surface area (Å²) in [5.74, 6) is 0. The highest BCUT2D eigenvalue weighted by molar-refractivity contribution is 5.40. The van der Waals surface area contributed by atoms with Crippen LogP contribution < -0.4 is 22.9 Å². The fourth-order valence-electron chi connectivity index (χ4n) is 0.577. The molecule has 0 amide bonds. The molecule has 0 aliphatic rings. The molecule has 0 fully saturated rings. The van der Waals surface area contributed by atoms with Crippen molar-refractivity contribution in [3.8, 4) is 0 Å². The largest absolute Gasteiger partial charge is 0.316 e. The van der Waals surface area contributed by atoms with Gasteiger partial charge in [-0.2, -0.15) is 0 Å². The average Bonchev–Trinajstić information content (AvgIpc) is 2.01. The maximum atomic E-state index is 5.30. The van der Waals surface area contributed by atoms with Gasteiger partial charge in [-0.25, -0.2) is 9.98 Å². The van der Waals surface area contributed by atoms with Gasteiger partial charge < -0.3 is 22.9 Å². The van der Waals surface area contributed by atoms with Gasteiger partial charge in [0.2, 0.25) is 0 Å². The smallest absolute Gasteiger partial charge is 0.0892 e. The molecule has 0 heterocycles. The molecule has 0 unspecified atom stereocenters. The van der Waals surface area contributed by atoms with Gasteiger partial charge in [-0.1, -0.05) is 0 Å². The molecule has 0 aliphatic carbocycles. The molecule has 0 aromatic rings. The summed E-state index contributed by atoms with van der Waals surface area (Å²) in [6.45, 7) is 1.10. The minimum absolute atomic E-state index is 0.317. The van der Waals surface area contributed by atoms with Crippen molar-refractivity contribution in [1.29, 1.82) is 0 Å². The van der Waals surface area contributed by atoms with Crippen molar-refractivity contribution in [2.24, 2.45) is 32.9 Å². The molecular formula is C7H18N6. The standard InChI is InChI=1S/C7H18N6/c8-6(9)1-3-12-5-13-4-2-7(10)11/h6-7H,1-4,8-11H2. The molecule has 76 valence electrons. The average molecular weight is 186 g/mol. The summed E-state index contributed by atoms with van der Waals surface area (Å²) in [7, 11) is 0. The summed E-state index contributed by atoms with van der Waals surface area (Å²) < 4.78 is 0. The molecule has 0 saturated heterocycles. The van der Waals surface area contributed by atoms with E-state index in [4.69, 9.17) is 22.9 Å². The van der Waals surface area contributed by atoms with E-state index < -0.39 is 0 Å². The van der Waals surface area contributed by atoms with E-state index in [1.165, 1.54) is 0 Å². The lowest BCUT2D eigenvalue weighted by Crippen LogP contribution is -2.30. The fraction of sp³-hybridized carbons (Fsp3) is 0.857. The molecule has 0 aromatic carbocycles. The van der Waals surface area contributed by atoms with E-state index in [0.29, 0.717) is 25.9 Å². The van der Waals surface area contributed by atoms with Crippen molar-refractivity contribution < 1.29 is 0 Å². The highest BCUT2D eigenvalue weighted by Gasteiger charge is 1.90. The number of hydrogen-bond donors (Lipinski definition) is 4. The van der Waals surface area contributed by atoms with Gasteiger partial charge in [-0.15, -0.1) is 0 Å². The lowest BCUT2D eigenvalue weighted by atomic mass is 10.4.